The number of carbonyl (C=O) groups is 1. The quantitative estimate of drug-likeness (QED) is 0.766. The highest BCUT2D eigenvalue weighted by Crippen LogP contribution is 2.42. The molecule has 0 bridgehead atoms. The first-order valence-electron chi connectivity index (χ1n) is 8.69. The normalized spacial score (nSPS) is 24.7. The molecule has 2 rings (SSSR count). The van der Waals surface area contributed by atoms with Crippen LogP contribution in [0.5, 0.6) is 5.75 Å². The van der Waals surface area contributed by atoms with Gasteiger partial charge in [0.2, 0.25) is 0 Å². The molecule has 0 radical (unpaired) electrons. The molecule has 0 spiro atoms. The van der Waals surface area contributed by atoms with Gasteiger partial charge in [0.25, 0.3) is 0 Å². The van der Waals surface area contributed by atoms with E-state index in [2.05, 4.69) is 18.9 Å². The number of carbonyl (C=O) groups excluding carboxylic acids is 1. The molecule has 0 aliphatic carbocycles. The van der Waals surface area contributed by atoms with Gasteiger partial charge in [0, 0.05) is 25.4 Å². The van der Waals surface area contributed by atoms with Crippen molar-refractivity contribution in [2.45, 2.75) is 45.8 Å². The molecule has 134 valence electrons. The fourth-order valence-electron chi connectivity index (χ4n) is 3.35. The highest BCUT2D eigenvalue weighted by atomic mass is 16.7. The van der Waals surface area contributed by atoms with Crippen molar-refractivity contribution >= 4 is 6.16 Å². The average Bonchev–Trinajstić information content (AvgIpc) is 2.50. The fourth-order valence-corrected chi connectivity index (χ4v) is 3.35. The molecule has 1 saturated heterocycles. The van der Waals surface area contributed by atoms with Crippen LogP contribution in [0.4, 0.5) is 4.79 Å². The Morgan fingerprint density at radius 2 is 2.17 bits per heavy atom. The minimum Gasteiger partial charge on any atom is -0.491 e. The van der Waals surface area contributed by atoms with E-state index in [1.165, 1.54) is 0 Å². The van der Waals surface area contributed by atoms with E-state index in [0.717, 1.165) is 30.8 Å². The molecule has 1 aromatic carbocycles. The molecule has 1 unspecified atom stereocenters. The molecule has 1 aliphatic rings. The van der Waals surface area contributed by atoms with Crippen molar-refractivity contribution < 1.29 is 19.0 Å². The predicted octanol–water partition coefficient (Wildman–Crippen LogP) is 3.81. The zero-order valence-electron chi connectivity index (χ0n) is 15.4. The lowest BCUT2D eigenvalue weighted by molar-refractivity contribution is -0.0997. The molecule has 5 heteroatoms. The summed E-state index contributed by atoms with van der Waals surface area (Å²) in [6, 6.07) is 7.88. The Kier molecular flexibility index (Phi) is 6.10. The molecule has 24 heavy (non-hydrogen) atoms. The Morgan fingerprint density at radius 1 is 1.42 bits per heavy atom. The molecular formula is C19H29NO4. The number of likely N-dealkylation sites (tertiary alicyclic amines) is 1. The molecule has 1 fully saturated rings. The van der Waals surface area contributed by atoms with E-state index < -0.39 is 11.8 Å². The van der Waals surface area contributed by atoms with Crippen molar-refractivity contribution in [2.75, 3.05) is 26.7 Å². The number of nitrogens with zero attached hydrogens (tertiary/aromatic N) is 1. The first kappa shape index (κ1) is 18.6. The maximum atomic E-state index is 12.1. The lowest BCUT2D eigenvalue weighted by atomic mass is 9.76. The smallest absolute Gasteiger partial charge is 0.491 e. The highest BCUT2D eigenvalue weighted by Gasteiger charge is 2.45. The lowest BCUT2D eigenvalue weighted by Crippen LogP contribution is -2.50. The van der Waals surface area contributed by atoms with Crippen LogP contribution in [-0.2, 0) is 15.1 Å². The van der Waals surface area contributed by atoms with E-state index in [1.807, 2.05) is 38.1 Å². The van der Waals surface area contributed by atoms with E-state index in [0.29, 0.717) is 6.61 Å². The highest BCUT2D eigenvalue weighted by molar-refractivity contribution is 5.61. The van der Waals surface area contributed by atoms with E-state index in [1.54, 1.807) is 6.92 Å². The second-order valence-electron chi connectivity index (χ2n) is 6.78. The maximum Gasteiger partial charge on any atom is 0.509 e. The third-order valence-corrected chi connectivity index (χ3v) is 4.47. The van der Waals surface area contributed by atoms with Gasteiger partial charge >= 0.3 is 6.16 Å². The van der Waals surface area contributed by atoms with Crippen LogP contribution in [0.3, 0.4) is 0 Å². The van der Waals surface area contributed by atoms with Crippen molar-refractivity contribution in [3.8, 4) is 5.75 Å². The van der Waals surface area contributed by atoms with Gasteiger partial charge in [-0.3, -0.25) is 0 Å². The predicted molar refractivity (Wildman–Crippen MR) is 93.3 cm³/mol. The van der Waals surface area contributed by atoms with Crippen LogP contribution >= 0.6 is 0 Å². The summed E-state index contributed by atoms with van der Waals surface area (Å²) in [6.07, 6.45) is 0.218. The molecular weight excluding hydrogens is 306 g/mol. The van der Waals surface area contributed by atoms with Crippen molar-refractivity contribution in [1.82, 2.24) is 4.90 Å². The van der Waals surface area contributed by atoms with Crippen LogP contribution in [0.15, 0.2) is 24.3 Å². The van der Waals surface area contributed by atoms with Crippen LogP contribution in [0.25, 0.3) is 0 Å². The van der Waals surface area contributed by atoms with Gasteiger partial charge in [0.15, 0.2) is 0 Å². The third-order valence-electron chi connectivity index (χ3n) is 4.47. The van der Waals surface area contributed by atoms with Crippen LogP contribution in [-0.4, -0.2) is 43.9 Å². The molecule has 2 atom stereocenters. The second kappa shape index (κ2) is 7.88. The first-order valence-corrected chi connectivity index (χ1v) is 8.69. The Morgan fingerprint density at radius 3 is 2.79 bits per heavy atom. The number of rotatable bonds is 5. The van der Waals surface area contributed by atoms with E-state index in [-0.39, 0.29) is 12.0 Å². The van der Waals surface area contributed by atoms with Crippen LogP contribution < -0.4 is 4.74 Å². The maximum absolute atomic E-state index is 12.1. The molecule has 1 aromatic rings. The lowest BCUT2D eigenvalue weighted by Gasteiger charge is -2.44. The monoisotopic (exact) mass is 335 g/mol. The summed E-state index contributed by atoms with van der Waals surface area (Å²) in [7, 11) is 2.09. The molecule has 1 aliphatic heterocycles. The van der Waals surface area contributed by atoms with Gasteiger partial charge < -0.3 is 19.1 Å². The standard InChI is InChI=1S/C19H29NO4/c1-6-22-18(21)24-19(10-11-20(5)13-15(19)4)16-8-7-9-17(12-16)23-14(2)3/h7-9,12,14-15H,6,10-11,13H2,1-5H3/t15-,19?/m0/s1. The number of ether oxygens (including phenoxy) is 3. The molecule has 0 N–H and O–H groups in total. The average molecular weight is 335 g/mol. The Balaban J connectivity index is 2.37. The van der Waals surface area contributed by atoms with Crippen molar-refractivity contribution in [3.63, 3.8) is 0 Å². The molecule has 0 saturated carbocycles. The number of piperidine rings is 1. The van der Waals surface area contributed by atoms with Gasteiger partial charge in [-0.2, -0.15) is 0 Å². The van der Waals surface area contributed by atoms with E-state index >= 15 is 0 Å². The van der Waals surface area contributed by atoms with Crippen LogP contribution in [0.1, 0.15) is 39.7 Å². The summed E-state index contributed by atoms with van der Waals surface area (Å²) in [6.45, 7) is 9.91. The summed E-state index contributed by atoms with van der Waals surface area (Å²) in [5, 5.41) is 0. The van der Waals surface area contributed by atoms with Crippen LogP contribution in [0.2, 0.25) is 0 Å². The first-order chi connectivity index (χ1) is 11.4. The van der Waals surface area contributed by atoms with E-state index in [4.69, 9.17) is 14.2 Å². The van der Waals surface area contributed by atoms with Crippen molar-refractivity contribution in [3.05, 3.63) is 29.8 Å². The summed E-state index contributed by atoms with van der Waals surface area (Å²) in [4.78, 5) is 14.3. The minimum absolute atomic E-state index is 0.0945. The summed E-state index contributed by atoms with van der Waals surface area (Å²) in [5.41, 5.74) is 0.282. The summed E-state index contributed by atoms with van der Waals surface area (Å²) < 4.78 is 16.8. The molecule has 0 aromatic heterocycles. The third kappa shape index (κ3) is 4.20. The number of benzene rings is 1. The Bertz CT molecular complexity index is 560. The van der Waals surface area contributed by atoms with Gasteiger partial charge in [-0.1, -0.05) is 19.1 Å². The van der Waals surface area contributed by atoms with E-state index in [9.17, 15) is 4.79 Å². The van der Waals surface area contributed by atoms with Gasteiger partial charge in [-0.15, -0.1) is 0 Å². The second-order valence-corrected chi connectivity index (χ2v) is 6.78. The molecule has 5 nitrogen and oxygen atoms in total. The molecule has 1 heterocycles. The van der Waals surface area contributed by atoms with Gasteiger partial charge in [0.1, 0.15) is 11.4 Å². The Labute approximate surface area is 144 Å². The largest absolute Gasteiger partial charge is 0.509 e. The fraction of sp³-hybridized carbons (Fsp3) is 0.632. The SMILES string of the molecule is CCOC(=O)OC1(c2cccc(OC(C)C)c2)CCN(C)C[C@@H]1C. The number of hydrogen-bond acceptors (Lipinski definition) is 5. The van der Waals surface area contributed by atoms with Crippen molar-refractivity contribution in [1.29, 1.82) is 0 Å². The van der Waals surface area contributed by atoms with Gasteiger partial charge in [0.05, 0.1) is 12.7 Å². The topological polar surface area (TPSA) is 48.0 Å². The molecule has 0 amide bonds. The summed E-state index contributed by atoms with van der Waals surface area (Å²) >= 11 is 0. The van der Waals surface area contributed by atoms with Gasteiger partial charge in [-0.05, 0) is 45.5 Å². The minimum atomic E-state index is -0.685. The zero-order valence-corrected chi connectivity index (χ0v) is 15.4. The van der Waals surface area contributed by atoms with Gasteiger partial charge in [-0.25, -0.2) is 4.79 Å². The Hall–Kier alpha value is -1.75. The number of hydrogen-bond donors (Lipinski definition) is 0. The summed E-state index contributed by atoms with van der Waals surface area (Å²) in [5.74, 6) is 0.940. The van der Waals surface area contributed by atoms with Crippen LogP contribution in [0, 0.1) is 5.92 Å². The zero-order chi connectivity index (χ0) is 17.7. The van der Waals surface area contributed by atoms with Crippen molar-refractivity contribution in [2.24, 2.45) is 5.92 Å².